The molecule has 0 unspecified atom stereocenters. The summed E-state index contributed by atoms with van der Waals surface area (Å²) in [6, 6.07) is 5.63. The summed E-state index contributed by atoms with van der Waals surface area (Å²) in [7, 11) is 0. The largest absolute Gasteiger partial charge is 0.416 e. The zero-order chi connectivity index (χ0) is 20.4. The van der Waals surface area contributed by atoms with E-state index < -0.39 is 11.7 Å². The van der Waals surface area contributed by atoms with Gasteiger partial charge < -0.3 is 15.1 Å². The van der Waals surface area contributed by atoms with Crippen molar-refractivity contribution in [2.45, 2.75) is 38.3 Å². The number of rotatable bonds is 4. The van der Waals surface area contributed by atoms with Gasteiger partial charge in [-0.25, -0.2) is 0 Å². The molecule has 9 heteroatoms. The van der Waals surface area contributed by atoms with Crippen molar-refractivity contribution in [3.63, 3.8) is 0 Å². The maximum absolute atomic E-state index is 13.1. The van der Waals surface area contributed by atoms with Crippen LogP contribution in [0.3, 0.4) is 0 Å². The van der Waals surface area contributed by atoms with Gasteiger partial charge in [0, 0.05) is 45.1 Å². The van der Waals surface area contributed by atoms with Crippen molar-refractivity contribution < 1.29 is 18.0 Å². The van der Waals surface area contributed by atoms with Gasteiger partial charge in [-0.3, -0.25) is 9.79 Å². The number of guanidine groups is 1. The number of benzene rings is 1. The first-order valence-electron chi connectivity index (χ1n) is 9.72. The average molecular weight is 524 g/mol. The number of hydrogen-bond donors (Lipinski definition) is 1. The molecule has 5 nitrogen and oxygen atoms in total. The molecule has 1 N–H and O–H groups in total. The van der Waals surface area contributed by atoms with Gasteiger partial charge in [0.15, 0.2) is 5.96 Å². The highest BCUT2D eigenvalue weighted by molar-refractivity contribution is 14.0. The molecule has 2 fully saturated rings. The summed E-state index contributed by atoms with van der Waals surface area (Å²) in [5.41, 5.74) is -0.195. The SMILES string of the molecule is CCNC(=NCC1(c2cccc(C(F)(F)F)c2)CC1)N1CCN(C(C)=O)CC1.I. The lowest BCUT2D eigenvalue weighted by Gasteiger charge is -2.36. The van der Waals surface area contributed by atoms with Crippen LogP contribution >= 0.6 is 24.0 Å². The van der Waals surface area contributed by atoms with Crippen LogP contribution in [0.1, 0.15) is 37.8 Å². The van der Waals surface area contributed by atoms with Gasteiger partial charge >= 0.3 is 6.18 Å². The van der Waals surface area contributed by atoms with Crippen LogP contribution in [0, 0.1) is 0 Å². The Morgan fingerprint density at radius 2 is 1.79 bits per heavy atom. The molecular formula is C20H28F3IN4O. The Morgan fingerprint density at radius 3 is 2.31 bits per heavy atom. The summed E-state index contributed by atoms with van der Waals surface area (Å²) in [6.45, 7) is 7.43. The second-order valence-electron chi connectivity index (χ2n) is 7.52. The van der Waals surface area contributed by atoms with Gasteiger partial charge in [-0.2, -0.15) is 13.2 Å². The number of aliphatic imine (C=N–C) groups is 1. The second kappa shape index (κ2) is 9.53. The lowest BCUT2D eigenvalue weighted by molar-refractivity contribution is -0.137. The summed E-state index contributed by atoms with van der Waals surface area (Å²) in [5, 5.41) is 3.28. The minimum Gasteiger partial charge on any atom is -0.357 e. The van der Waals surface area contributed by atoms with Crippen molar-refractivity contribution in [1.29, 1.82) is 0 Å². The topological polar surface area (TPSA) is 47.9 Å². The average Bonchev–Trinajstić information content (AvgIpc) is 3.46. The molecule has 1 heterocycles. The molecule has 1 aromatic rings. The Hall–Kier alpha value is -1.52. The minimum atomic E-state index is -4.33. The van der Waals surface area contributed by atoms with Crippen molar-refractivity contribution in [3.05, 3.63) is 35.4 Å². The molecule has 1 aliphatic heterocycles. The van der Waals surface area contributed by atoms with Gasteiger partial charge in [0.05, 0.1) is 12.1 Å². The smallest absolute Gasteiger partial charge is 0.357 e. The van der Waals surface area contributed by atoms with E-state index in [1.54, 1.807) is 13.0 Å². The lowest BCUT2D eigenvalue weighted by atomic mass is 9.94. The molecule has 1 saturated heterocycles. The van der Waals surface area contributed by atoms with E-state index in [1.165, 1.54) is 12.1 Å². The zero-order valence-electron chi connectivity index (χ0n) is 16.8. The summed E-state index contributed by atoms with van der Waals surface area (Å²) >= 11 is 0. The van der Waals surface area contributed by atoms with Crippen molar-refractivity contribution >= 4 is 35.8 Å². The predicted octanol–water partition coefficient (Wildman–Crippen LogP) is 3.48. The van der Waals surface area contributed by atoms with Gasteiger partial charge in [0.2, 0.25) is 5.91 Å². The summed E-state index contributed by atoms with van der Waals surface area (Å²) in [6.07, 6.45) is -2.65. The maximum Gasteiger partial charge on any atom is 0.416 e. The van der Waals surface area contributed by atoms with E-state index in [4.69, 9.17) is 4.99 Å². The van der Waals surface area contributed by atoms with Crippen molar-refractivity contribution in [3.8, 4) is 0 Å². The van der Waals surface area contributed by atoms with Gasteiger partial charge in [0.1, 0.15) is 0 Å². The van der Waals surface area contributed by atoms with Crippen molar-refractivity contribution in [2.24, 2.45) is 4.99 Å². The van der Waals surface area contributed by atoms with Crippen molar-refractivity contribution in [2.75, 3.05) is 39.3 Å². The van der Waals surface area contributed by atoms with Crippen LogP contribution in [-0.2, 0) is 16.4 Å². The second-order valence-corrected chi connectivity index (χ2v) is 7.52. The molecule has 2 aliphatic rings. The lowest BCUT2D eigenvalue weighted by Crippen LogP contribution is -2.53. The Labute approximate surface area is 186 Å². The van der Waals surface area contributed by atoms with E-state index in [-0.39, 0.29) is 35.3 Å². The molecular weight excluding hydrogens is 496 g/mol. The van der Waals surface area contributed by atoms with E-state index in [9.17, 15) is 18.0 Å². The van der Waals surface area contributed by atoms with Crippen LogP contribution in [-0.4, -0.2) is 60.9 Å². The zero-order valence-corrected chi connectivity index (χ0v) is 19.1. The van der Waals surface area contributed by atoms with E-state index >= 15 is 0 Å². The number of carbonyl (C=O) groups excluding carboxylic acids is 1. The third kappa shape index (κ3) is 5.76. The quantitative estimate of drug-likeness (QED) is 0.373. The number of halogens is 4. The molecule has 0 aromatic heterocycles. The molecule has 0 radical (unpaired) electrons. The minimum absolute atomic E-state index is 0. The first kappa shape index (κ1) is 23.8. The highest BCUT2D eigenvalue weighted by atomic mass is 127. The fourth-order valence-electron chi connectivity index (χ4n) is 3.60. The summed E-state index contributed by atoms with van der Waals surface area (Å²) in [4.78, 5) is 20.2. The van der Waals surface area contributed by atoms with Crippen LogP contribution in [0.25, 0.3) is 0 Å². The van der Waals surface area contributed by atoms with Crippen LogP contribution < -0.4 is 5.32 Å². The molecule has 1 amide bonds. The third-order valence-electron chi connectivity index (χ3n) is 5.55. The molecule has 1 saturated carbocycles. The standard InChI is InChI=1S/C20H27F3N4O.HI/c1-3-24-18(27-11-9-26(10-12-27)15(2)28)25-14-19(7-8-19)16-5-4-6-17(13-16)20(21,22)23;/h4-6,13H,3,7-12,14H2,1-2H3,(H,24,25);1H. The first-order chi connectivity index (χ1) is 13.2. The first-order valence-corrected chi connectivity index (χ1v) is 9.72. The van der Waals surface area contributed by atoms with Crippen LogP contribution in [0.2, 0.25) is 0 Å². The number of piperazine rings is 1. The van der Waals surface area contributed by atoms with Crippen LogP contribution in [0.15, 0.2) is 29.3 Å². The fourth-order valence-corrected chi connectivity index (χ4v) is 3.60. The number of nitrogens with zero attached hydrogens (tertiary/aromatic N) is 3. The van der Waals surface area contributed by atoms with Gasteiger partial charge in [-0.15, -0.1) is 24.0 Å². The fraction of sp³-hybridized carbons (Fsp3) is 0.600. The summed E-state index contributed by atoms with van der Waals surface area (Å²) in [5.74, 6) is 0.840. The monoisotopic (exact) mass is 524 g/mol. The molecule has 29 heavy (non-hydrogen) atoms. The number of carbonyl (C=O) groups is 1. The molecule has 0 atom stereocenters. The third-order valence-corrected chi connectivity index (χ3v) is 5.55. The van der Waals surface area contributed by atoms with E-state index in [0.29, 0.717) is 44.8 Å². The van der Waals surface area contributed by atoms with E-state index in [0.717, 1.165) is 24.9 Å². The Kier molecular flexibility index (Phi) is 7.80. The molecule has 3 rings (SSSR count). The molecule has 1 aromatic carbocycles. The van der Waals surface area contributed by atoms with Crippen LogP contribution in [0.4, 0.5) is 13.2 Å². The Balaban J connectivity index is 0.00000300. The highest BCUT2D eigenvalue weighted by Crippen LogP contribution is 2.49. The number of hydrogen-bond acceptors (Lipinski definition) is 2. The number of amides is 1. The molecule has 162 valence electrons. The highest BCUT2D eigenvalue weighted by Gasteiger charge is 2.45. The Bertz CT molecular complexity index is 741. The predicted molar refractivity (Wildman–Crippen MR) is 118 cm³/mol. The van der Waals surface area contributed by atoms with Gasteiger partial charge in [0.25, 0.3) is 0 Å². The van der Waals surface area contributed by atoms with Gasteiger partial charge in [-0.1, -0.05) is 18.2 Å². The Morgan fingerprint density at radius 1 is 1.17 bits per heavy atom. The van der Waals surface area contributed by atoms with Crippen molar-refractivity contribution in [1.82, 2.24) is 15.1 Å². The normalized spacial score (nSPS) is 18.9. The number of nitrogens with one attached hydrogen (secondary N) is 1. The molecule has 1 aliphatic carbocycles. The molecule has 0 bridgehead atoms. The summed E-state index contributed by atoms with van der Waals surface area (Å²) < 4.78 is 39.2. The molecule has 0 spiro atoms. The van der Waals surface area contributed by atoms with E-state index in [1.807, 2.05) is 11.8 Å². The van der Waals surface area contributed by atoms with E-state index in [2.05, 4.69) is 10.2 Å². The number of alkyl halides is 3. The van der Waals surface area contributed by atoms with Gasteiger partial charge in [-0.05, 0) is 31.4 Å². The van der Waals surface area contributed by atoms with Crippen LogP contribution in [0.5, 0.6) is 0 Å². The maximum atomic E-state index is 13.1.